The molecule has 12 heteroatoms. The Bertz CT molecular complexity index is 1490. The largest absolute Gasteiger partial charge is 0.426 e. The molecule has 47 heavy (non-hydrogen) atoms. The minimum Gasteiger partial charge on any atom is -0.426 e. The van der Waals surface area contributed by atoms with E-state index in [4.69, 9.17) is 9.72 Å². The van der Waals surface area contributed by atoms with E-state index in [1.165, 1.54) is 36.3 Å². The van der Waals surface area contributed by atoms with Crippen molar-refractivity contribution in [3.05, 3.63) is 52.7 Å². The fourth-order valence-corrected chi connectivity index (χ4v) is 6.86. The Kier molecular flexibility index (Phi) is 10.9. The van der Waals surface area contributed by atoms with Crippen LogP contribution in [-0.4, -0.2) is 86.4 Å². The first-order valence-electron chi connectivity index (χ1n) is 16.6. The number of likely N-dealkylation sites (N-methyl/N-ethyl adjacent to an activating group) is 1. The van der Waals surface area contributed by atoms with E-state index in [-0.39, 0.29) is 22.9 Å². The molecule has 0 bridgehead atoms. The van der Waals surface area contributed by atoms with Gasteiger partial charge in [-0.15, -0.1) is 0 Å². The predicted octanol–water partition coefficient (Wildman–Crippen LogP) is 7.46. The van der Waals surface area contributed by atoms with Gasteiger partial charge < -0.3 is 24.8 Å². The molecule has 3 aliphatic rings. The first kappa shape index (κ1) is 34.8. The lowest BCUT2D eigenvalue weighted by Gasteiger charge is -2.38. The van der Waals surface area contributed by atoms with E-state index in [0.717, 1.165) is 63.6 Å². The third-order valence-electron chi connectivity index (χ3n) is 9.38. The van der Waals surface area contributed by atoms with E-state index in [1.54, 1.807) is 13.8 Å². The number of nitrogens with one attached hydrogen (secondary N) is 1. The van der Waals surface area contributed by atoms with Crippen molar-refractivity contribution in [1.29, 1.82) is 0 Å². The molecule has 0 atom stereocenters. The number of anilines is 1. The van der Waals surface area contributed by atoms with Gasteiger partial charge in [-0.1, -0.05) is 18.9 Å². The van der Waals surface area contributed by atoms with E-state index in [0.29, 0.717) is 17.7 Å². The smallest absolute Gasteiger partial charge is 0.416 e. The number of fused-ring (bicyclic) bond motifs is 1. The van der Waals surface area contributed by atoms with E-state index in [1.807, 2.05) is 6.07 Å². The molecule has 0 amide bonds. The fourth-order valence-electron chi connectivity index (χ4n) is 6.86. The van der Waals surface area contributed by atoms with Gasteiger partial charge in [-0.3, -0.25) is 0 Å². The number of ether oxygens (including phenoxy) is 1. The van der Waals surface area contributed by atoms with Gasteiger partial charge in [0, 0.05) is 36.3 Å². The van der Waals surface area contributed by atoms with Gasteiger partial charge in [0.25, 0.3) is 0 Å². The quantitative estimate of drug-likeness (QED) is 0.172. The van der Waals surface area contributed by atoms with Crippen LogP contribution in [0.25, 0.3) is 5.70 Å². The molecule has 2 aromatic rings. The van der Waals surface area contributed by atoms with Crippen molar-refractivity contribution in [1.82, 2.24) is 20.1 Å². The van der Waals surface area contributed by atoms with Crippen molar-refractivity contribution in [3.63, 3.8) is 0 Å². The average Bonchev–Trinajstić information content (AvgIpc) is 3.57. The number of likely N-dealkylation sites (tertiary alicyclic amines) is 1. The molecule has 2 fully saturated rings. The van der Waals surface area contributed by atoms with Crippen LogP contribution in [-0.2, 0) is 0 Å². The number of pyridine rings is 1. The molecule has 1 saturated carbocycles. The number of aliphatic imine (C=N–C) groups is 2. The number of hydrogen-bond donors (Lipinski definition) is 1. The number of rotatable bonds is 9. The van der Waals surface area contributed by atoms with Gasteiger partial charge in [-0.2, -0.15) is 13.8 Å². The molecule has 8 nitrogen and oxygen atoms in total. The van der Waals surface area contributed by atoms with Crippen molar-refractivity contribution in [2.24, 2.45) is 9.98 Å². The molecule has 1 N–H and O–H groups in total. The van der Waals surface area contributed by atoms with Gasteiger partial charge in [-0.25, -0.2) is 18.8 Å². The molecule has 1 aromatic heterocycles. The maximum atomic E-state index is 15.2. The van der Waals surface area contributed by atoms with E-state index >= 15 is 8.78 Å². The van der Waals surface area contributed by atoms with Crippen molar-refractivity contribution >= 4 is 29.9 Å². The molecule has 2 aliphatic heterocycles. The molecule has 1 saturated heterocycles. The summed E-state index contributed by atoms with van der Waals surface area (Å²) in [7, 11) is 4.20. The Labute approximate surface area is 275 Å². The minimum absolute atomic E-state index is 0.0227. The summed E-state index contributed by atoms with van der Waals surface area (Å²) >= 11 is 0. The number of alkyl halides is 2. The molecular formula is C35H47F4N7O. The molecule has 5 rings (SSSR count). The van der Waals surface area contributed by atoms with Crippen molar-refractivity contribution < 1.29 is 22.3 Å². The molecule has 1 aliphatic carbocycles. The highest BCUT2D eigenvalue weighted by molar-refractivity contribution is 5.94. The van der Waals surface area contributed by atoms with Crippen LogP contribution in [0.2, 0.25) is 0 Å². The molecule has 3 heterocycles. The Morgan fingerprint density at radius 3 is 2.45 bits per heavy atom. The number of benzene rings is 1. The van der Waals surface area contributed by atoms with Crippen LogP contribution in [0, 0.1) is 5.82 Å². The zero-order valence-electron chi connectivity index (χ0n) is 28.1. The topological polar surface area (TPSA) is 68.6 Å². The first-order valence-corrected chi connectivity index (χ1v) is 16.6. The maximum Gasteiger partial charge on any atom is 0.416 e. The first-order chi connectivity index (χ1) is 22.3. The van der Waals surface area contributed by atoms with Gasteiger partial charge in [0.1, 0.15) is 12.4 Å². The highest BCUT2D eigenvalue weighted by atomic mass is 19.3. The van der Waals surface area contributed by atoms with Crippen LogP contribution in [0.3, 0.4) is 0 Å². The number of aromatic nitrogens is 1. The summed E-state index contributed by atoms with van der Waals surface area (Å²) in [5.41, 5.74) is 2.44. The summed E-state index contributed by atoms with van der Waals surface area (Å²) in [5, 5.41) is 2.86. The minimum atomic E-state index is -3.57. The van der Waals surface area contributed by atoms with Crippen LogP contribution in [0.1, 0.15) is 88.0 Å². The number of nitrogens with zero attached hydrogens (tertiary/aromatic N) is 6. The summed E-state index contributed by atoms with van der Waals surface area (Å²) < 4.78 is 63.5. The lowest BCUT2D eigenvalue weighted by atomic mass is 9.85. The zero-order valence-corrected chi connectivity index (χ0v) is 28.1. The summed E-state index contributed by atoms with van der Waals surface area (Å²) in [6, 6.07) is 5.99. The molecule has 0 radical (unpaired) electrons. The summed E-state index contributed by atoms with van der Waals surface area (Å²) in [6.07, 6.45) is 3.10. The molecular weight excluding hydrogens is 610 g/mol. The standard InChI is InChI=1S/C35H47F4N7O/c1-22(2)46-21-35(38,39)47-33-28(37)19-26(20-29(33)46)31(23(3)36)43-34(40-4)42-30-12-11-27(32(41-30)25-9-7-8-10-25)24-13-15-45(16-14-24)18-17-44(5)6/h11-12,19-20,22,24-25H,4,7-10,13-18,21H2,1-3,5-6H3,(H,41,42,43)/b31-23+. The Hall–Kier alpha value is -3.51. The van der Waals surface area contributed by atoms with E-state index in [9.17, 15) is 8.78 Å². The molecule has 0 spiro atoms. The summed E-state index contributed by atoms with van der Waals surface area (Å²) in [6.45, 7) is 11.7. The van der Waals surface area contributed by atoms with Crippen LogP contribution in [0.15, 0.2) is 40.1 Å². The zero-order chi connectivity index (χ0) is 33.9. The number of allylic oxidation sites excluding steroid dienone is 1. The summed E-state index contributed by atoms with van der Waals surface area (Å²) in [5.74, 6) is -1.10. The van der Waals surface area contributed by atoms with Gasteiger partial charge in [0.05, 0.1) is 11.4 Å². The van der Waals surface area contributed by atoms with Crippen LogP contribution in [0.5, 0.6) is 5.75 Å². The van der Waals surface area contributed by atoms with Crippen LogP contribution >= 0.6 is 0 Å². The van der Waals surface area contributed by atoms with E-state index in [2.05, 4.69) is 52.0 Å². The van der Waals surface area contributed by atoms with Crippen LogP contribution < -0.4 is 15.0 Å². The van der Waals surface area contributed by atoms with Gasteiger partial charge in [0.2, 0.25) is 5.96 Å². The average molecular weight is 658 g/mol. The number of hydrogen-bond acceptors (Lipinski definition) is 6. The molecule has 1 aromatic carbocycles. The Balaban J connectivity index is 1.41. The second kappa shape index (κ2) is 14.7. The monoisotopic (exact) mass is 657 g/mol. The lowest BCUT2D eigenvalue weighted by molar-refractivity contribution is -0.174. The SMILES string of the molecule is C=NC(=Nc1ccc(C2CCN(CCN(C)C)CC2)c(C2CCCC2)n1)N/C(=C(\C)F)c1cc(F)c2c(c1)N(C(C)C)CC(F)(F)O2. The lowest BCUT2D eigenvalue weighted by Crippen LogP contribution is -2.48. The van der Waals surface area contributed by atoms with Crippen molar-refractivity contribution in [2.45, 2.75) is 83.3 Å². The van der Waals surface area contributed by atoms with Crippen molar-refractivity contribution in [2.75, 3.05) is 51.7 Å². The van der Waals surface area contributed by atoms with Gasteiger partial charge in [0.15, 0.2) is 17.4 Å². The third-order valence-corrected chi connectivity index (χ3v) is 9.38. The normalized spacial score (nSPS) is 20.0. The number of halogens is 4. The summed E-state index contributed by atoms with van der Waals surface area (Å²) in [4.78, 5) is 19.7. The van der Waals surface area contributed by atoms with Crippen LogP contribution in [0.4, 0.5) is 29.1 Å². The highest BCUT2D eigenvalue weighted by Gasteiger charge is 2.43. The second-order valence-electron chi connectivity index (χ2n) is 13.4. The second-order valence-corrected chi connectivity index (χ2v) is 13.4. The van der Waals surface area contributed by atoms with Gasteiger partial charge >= 0.3 is 6.11 Å². The van der Waals surface area contributed by atoms with Gasteiger partial charge in [-0.05, 0) is 110 Å². The maximum absolute atomic E-state index is 15.2. The molecule has 256 valence electrons. The van der Waals surface area contributed by atoms with E-state index < -0.39 is 36.1 Å². The van der Waals surface area contributed by atoms with Crippen molar-refractivity contribution in [3.8, 4) is 5.75 Å². The number of piperidine rings is 1. The fraction of sp³-hybridized carbons (Fsp3) is 0.571. The number of guanidine groups is 1. The Morgan fingerprint density at radius 2 is 1.83 bits per heavy atom. The predicted molar refractivity (Wildman–Crippen MR) is 180 cm³/mol. The Morgan fingerprint density at radius 1 is 1.13 bits per heavy atom. The molecule has 0 unspecified atom stereocenters. The third kappa shape index (κ3) is 8.32. The highest BCUT2D eigenvalue weighted by Crippen LogP contribution is 2.44.